The van der Waals surface area contributed by atoms with E-state index in [2.05, 4.69) is 33.0 Å². The van der Waals surface area contributed by atoms with Crippen LogP contribution >= 0.6 is 11.6 Å². The zero-order chi connectivity index (χ0) is 15.9. The molecule has 1 rings (SSSR count). The Morgan fingerprint density at radius 2 is 2.00 bits per heavy atom. The van der Waals surface area contributed by atoms with E-state index in [1.54, 1.807) is 6.07 Å². The van der Waals surface area contributed by atoms with Crippen molar-refractivity contribution in [2.24, 2.45) is 5.41 Å². The van der Waals surface area contributed by atoms with Gasteiger partial charge in [0.2, 0.25) is 0 Å². The molecule has 21 heavy (non-hydrogen) atoms. The lowest BCUT2D eigenvalue weighted by Gasteiger charge is -2.34. The van der Waals surface area contributed by atoms with Crippen molar-refractivity contribution < 1.29 is 4.39 Å². The van der Waals surface area contributed by atoms with Gasteiger partial charge in [0.05, 0.1) is 0 Å². The van der Waals surface area contributed by atoms with Crippen molar-refractivity contribution in [2.45, 2.75) is 65.8 Å². The first kappa shape index (κ1) is 18.4. The Kier molecular flexibility index (Phi) is 7.69. The molecule has 0 bridgehead atoms. The topological polar surface area (TPSA) is 12.0 Å². The summed E-state index contributed by atoms with van der Waals surface area (Å²) >= 11 is 5.86. The summed E-state index contributed by atoms with van der Waals surface area (Å²) in [6.07, 6.45) is 5.30. The first-order valence-corrected chi connectivity index (χ1v) is 8.47. The number of halogens is 2. The van der Waals surface area contributed by atoms with Crippen LogP contribution in [0.15, 0.2) is 18.2 Å². The SMILES string of the molecule is CCCCC(CC)(CNC(C)C)Cc1ccc(Cl)cc1F. The zero-order valence-electron chi connectivity index (χ0n) is 13.8. The fraction of sp³-hybridized carbons (Fsp3) is 0.667. The Balaban J connectivity index is 2.92. The smallest absolute Gasteiger partial charge is 0.127 e. The van der Waals surface area contributed by atoms with Crippen LogP contribution in [0.2, 0.25) is 5.02 Å². The largest absolute Gasteiger partial charge is 0.314 e. The fourth-order valence-electron chi connectivity index (χ4n) is 2.71. The highest BCUT2D eigenvalue weighted by molar-refractivity contribution is 6.30. The van der Waals surface area contributed by atoms with Crippen LogP contribution in [0.3, 0.4) is 0 Å². The van der Waals surface area contributed by atoms with Gasteiger partial charge in [0.1, 0.15) is 5.82 Å². The van der Waals surface area contributed by atoms with Gasteiger partial charge in [-0.2, -0.15) is 0 Å². The van der Waals surface area contributed by atoms with Crippen molar-refractivity contribution in [1.29, 1.82) is 0 Å². The molecule has 1 aromatic carbocycles. The monoisotopic (exact) mass is 313 g/mol. The summed E-state index contributed by atoms with van der Waals surface area (Å²) in [6, 6.07) is 5.50. The van der Waals surface area contributed by atoms with Crippen LogP contribution < -0.4 is 5.32 Å². The first-order chi connectivity index (χ1) is 9.92. The highest BCUT2D eigenvalue weighted by atomic mass is 35.5. The molecular weight excluding hydrogens is 285 g/mol. The van der Waals surface area contributed by atoms with Gasteiger partial charge in [-0.25, -0.2) is 4.39 Å². The second-order valence-electron chi connectivity index (χ2n) is 6.41. The second-order valence-corrected chi connectivity index (χ2v) is 6.84. The molecule has 3 heteroatoms. The van der Waals surface area contributed by atoms with E-state index in [1.807, 2.05) is 6.07 Å². The Hall–Kier alpha value is -0.600. The van der Waals surface area contributed by atoms with Gasteiger partial charge in [-0.05, 0) is 42.4 Å². The van der Waals surface area contributed by atoms with Crippen molar-refractivity contribution in [3.05, 3.63) is 34.6 Å². The van der Waals surface area contributed by atoms with Crippen LogP contribution in [-0.4, -0.2) is 12.6 Å². The number of hydrogen-bond acceptors (Lipinski definition) is 1. The lowest BCUT2D eigenvalue weighted by atomic mass is 9.75. The van der Waals surface area contributed by atoms with E-state index in [0.29, 0.717) is 11.1 Å². The van der Waals surface area contributed by atoms with E-state index in [-0.39, 0.29) is 11.2 Å². The number of rotatable bonds is 9. The summed E-state index contributed by atoms with van der Waals surface area (Å²) in [5.41, 5.74) is 0.900. The normalized spacial score (nSPS) is 14.4. The van der Waals surface area contributed by atoms with E-state index >= 15 is 0 Å². The molecular formula is C18H29ClFN. The summed E-state index contributed by atoms with van der Waals surface area (Å²) in [6.45, 7) is 9.67. The van der Waals surface area contributed by atoms with Gasteiger partial charge in [0.15, 0.2) is 0 Å². The molecule has 1 N–H and O–H groups in total. The predicted molar refractivity (Wildman–Crippen MR) is 90.5 cm³/mol. The third-order valence-corrected chi connectivity index (χ3v) is 4.51. The van der Waals surface area contributed by atoms with Crippen LogP contribution in [0.25, 0.3) is 0 Å². The van der Waals surface area contributed by atoms with E-state index in [9.17, 15) is 4.39 Å². The summed E-state index contributed by atoms with van der Waals surface area (Å²) in [7, 11) is 0. The first-order valence-electron chi connectivity index (χ1n) is 8.09. The Labute approximate surface area is 134 Å². The van der Waals surface area contributed by atoms with Crippen LogP contribution in [0.5, 0.6) is 0 Å². The minimum atomic E-state index is -0.179. The van der Waals surface area contributed by atoms with Gasteiger partial charge in [0, 0.05) is 17.6 Å². The maximum absolute atomic E-state index is 14.1. The van der Waals surface area contributed by atoms with Crippen LogP contribution in [0.4, 0.5) is 4.39 Å². The minimum absolute atomic E-state index is 0.120. The van der Waals surface area contributed by atoms with E-state index < -0.39 is 0 Å². The highest BCUT2D eigenvalue weighted by Crippen LogP contribution is 2.34. The van der Waals surface area contributed by atoms with E-state index in [1.165, 1.54) is 18.9 Å². The molecule has 0 spiro atoms. The molecule has 0 saturated carbocycles. The molecule has 0 aliphatic heterocycles. The maximum Gasteiger partial charge on any atom is 0.127 e. The van der Waals surface area contributed by atoms with Gasteiger partial charge < -0.3 is 5.32 Å². The summed E-state index contributed by atoms with van der Waals surface area (Å²) in [4.78, 5) is 0. The van der Waals surface area contributed by atoms with Crippen molar-refractivity contribution >= 4 is 11.6 Å². The van der Waals surface area contributed by atoms with Gasteiger partial charge >= 0.3 is 0 Å². The lowest BCUT2D eigenvalue weighted by Crippen LogP contribution is -2.39. The molecule has 0 radical (unpaired) electrons. The molecule has 1 nitrogen and oxygen atoms in total. The van der Waals surface area contributed by atoms with Crippen LogP contribution in [-0.2, 0) is 6.42 Å². The average molecular weight is 314 g/mol. The van der Waals surface area contributed by atoms with Crippen molar-refractivity contribution in [3.63, 3.8) is 0 Å². The number of hydrogen-bond donors (Lipinski definition) is 1. The maximum atomic E-state index is 14.1. The average Bonchev–Trinajstić information content (AvgIpc) is 2.44. The molecule has 0 fully saturated rings. The van der Waals surface area contributed by atoms with Crippen LogP contribution in [0, 0.1) is 11.2 Å². The molecule has 120 valence electrons. The van der Waals surface area contributed by atoms with Gasteiger partial charge in [-0.3, -0.25) is 0 Å². The molecule has 1 aromatic rings. The Bertz CT molecular complexity index is 433. The van der Waals surface area contributed by atoms with Gasteiger partial charge in [-0.15, -0.1) is 0 Å². The fourth-order valence-corrected chi connectivity index (χ4v) is 2.87. The molecule has 0 aromatic heterocycles. The van der Waals surface area contributed by atoms with Gasteiger partial charge in [0.25, 0.3) is 0 Å². The Morgan fingerprint density at radius 3 is 2.52 bits per heavy atom. The molecule has 0 amide bonds. The predicted octanol–water partition coefficient (Wildman–Crippen LogP) is 5.61. The number of unbranched alkanes of at least 4 members (excludes halogenated alkanes) is 1. The van der Waals surface area contributed by atoms with E-state index in [4.69, 9.17) is 11.6 Å². The molecule has 0 saturated heterocycles. The highest BCUT2D eigenvalue weighted by Gasteiger charge is 2.29. The molecule has 0 aliphatic carbocycles. The summed E-state index contributed by atoms with van der Waals surface area (Å²) in [5, 5.41) is 4.01. The quantitative estimate of drug-likeness (QED) is 0.625. The third kappa shape index (κ3) is 5.96. The van der Waals surface area contributed by atoms with Crippen molar-refractivity contribution in [3.8, 4) is 0 Å². The molecule has 0 heterocycles. The lowest BCUT2D eigenvalue weighted by molar-refractivity contribution is 0.220. The van der Waals surface area contributed by atoms with E-state index in [0.717, 1.165) is 31.4 Å². The van der Waals surface area contributed by atoms with Crippen LogP contribution in [0.1, 0.15) is 58.9 Å². The summed E-state index contributed by atoms with van der Waals surface area (Å²) in [5.74, 6) is -0.179. The van der Waals surface area contributed by atoms with Crippen molar-refractivity contribution in [1.82, 2.24) is 5.32 Å². The summed E-state index contributed by atoms with van der Waals surface area (Å²) < 4.78 is 14.1. The number of nitrogens with one attached hydrogen (secondary N) is 1. The third-order valence-electron chi connectivity index (χ3n) is 4.28. The molecule has 0 aliphatic rings. The number of benzene rings is 1. The van der Waals surface area contributed by atoms with Gasteiger partial charge in [-0.1, -0.05) is 58.2 Å². The molecule has 1 atom stereocenters. The molecule has 1 unspecified atom stereocenters. The zero-order valence-corrected chi connectivity index (χ0v) is 14.6. The second kappa shape index (κ2) is 8.75. The standard InChI is InChI=1S/C18H29ClFN/c1-5-7-10-18(6-2,13-21-14(3)4)12-15-8-9-16(19)11-17(15)20/h8-9,11,14,21H,5-7,10,12-13H2,1-4H3. The Morgan fingerprint density at radius 1 is 1.29 bits per heavy atom. The van der Waals surface area contributed by atoms with Crippen molar-refractivity contribution in [2.75, 3.05) is 6.54 Å². The minimum Gasteiger partial charge on any atom is -0.314 e.